The zero-order valence-electron chi connectivity index (χ0n) is 40.6. The molecule has 0 bridgehead atoms. The summed E-state index contributed by atoms with van der Waals surface area (Å²) in [5.41, 5.74) is 1.85. The van der Waals surface area contributed by atoms with Gasteiger partial charge in [-0.05, 0) is 49.6 Å². The van der Waals surface area contributed by atoms with Crippen molar-refractivity contribution < 1.29 is 38.2 Å². The molecular formula is C48H81N7O8S. The van der Waals surface area contributed by atoms with E-state index in [9.17, 15) is 14.4 Å². The Morgan fingerprint density at radius 2 is 1.61 bits per heavy atom. The summed E-state index contributed by atoms with van der Waals surface area (Å²) < 4.78 is 23.5. The Hall–Kier alpha value is -3.48. The molecule has 15 nitrogen and oxygen atoms in total. The predicted molar refractivity (Wildman–Crippen MR) is 253 cm³/mol. The van der Waals surface area contributed by atoms with Gasteiger partial charge in [0.2, 0.25) is 17.7 Å². The maximum absolute atomic E-state index is 14.5. The van der Waals surface area contributed by atoms with Crippen LogP contribution < -0.4 is 16.5 Å². The molecular weight excluding hydrogens is 835 g/mol. The molecule has 0 unspecified atom stereocenters. The Kier molecular flexibility index (Phi) is 24.5. The van der Waals surface area contributed by atoms with Crippen molar-refractivity contribution in [1.29, 1.82) is 0 Å². The van der Waals surface area contributed by atoms with E-state index in [1.165, 1.54) is 11.3 Å². The van der Waals surface area contributed by atoms with Gasteiger partial charge in [0.25, 0.3) is 0 Å². The van der Waals surface area contributed by atoms with Gasteiger partial charge in [-0.1, -0.05) is 91.8 Å². The van der Waals surface area contributed by atoms with Crippen molar-refractivity contribution in [1.82, 2.24) is 30.3 Å². The smallest absolute Gasteiger partial charge is 0.238 e. The number of likely N-dealkylation sites (N-methyl/N-ethyl adjacent to an activating group) is 2. The Bertz CT molecular complexity index is 1650. The van der Waals surface area contributed by atoms with Crippen molar-refractivity contribution >= 4 is 29.1 Å². The molecule has 9 atom stereocenters. The minimum atomic E-state index is -0.540. The molecule has 3 amide bonds. The number of nitrogens with one attached hydrogen (secondary N) is 2. The van der Waals surface area contributed by atoms with Crippen molar-refractivity contribution in [3.8, 4) is 0 Å². The Morgan fingerprint density at radius 1 is 0.938 bits per heavy atom. The van der Waals surface area contributed by atoms with Gasteiger partial charge in [-0.2, -0.15) is 0 Å². The molecule has 0 saturated carbocycles. The summed E-state index contributed by atoms with van der Waals surface area (Å²) in [6.07, 6.45) is 3.86. The Morgan fingerprint density at radius 3 is 2.19 bits per heavy atom. The molecule has 64 heavy (non-hydrogen) atoms. The number of rotatable bonds is 31. The second-order valence-corrected chi connectivity index (χ2v) is 18.8. The molecule has 0 spiro atoms. The maximum Gasteiger partial charge on any atom is 0.238 e. The standard InChI is InChI=1S/C48H81N7O8S/c1-13-34(6)44(54(10)36(8)42(32(2)3)52-47(58)43(33(4)5)53(9)23-24-61-25-26-62-27-28-63-49)40(59-11)31-41(56)55-22-17-20-39(55)45(60-12)35(7)46(57)51-38(48-50-21-29-64-48)30-37-18-15-14-16-19-37/h14-16,18-19,21,29,32-35,38-40,42-45H,8,13,17,20,22-28,30-31,49H2,1-7,9-12H3,(H,51,57)(H,52,58)/t34-,35+,38-,39-,40+,42-,43-,44-,45+/m0/s1. The highest BCUT2D eigenvalue weighted by Gasteiger charge is 2.43. The second kappa shape index (κ2) is 28.5. The van der Waals surface area contributed by atoms with E-state index in [0.717, 1.165) is 35.5 Å². The fourth-order valence-electron chi connectivity index (χ4n) is 8.99. The highest BCUT2D eigenvalue weighted by molar-refractivity contribution is 7.09. The molecule has 1 fully saturated rings. The van der Waals surface area contributed by atoms with Crippen LogP contribution in [-0.4, -0.2) is 148 Å². The van der Waals surface area contributed by atoms with Crippen LogP contribution in [0.1, 0.15) is 90.8 Å². The Labute approximate surface area is 388 Å². The van der Waals surface area contributed by atoms with Crippen molar-refractivity contribution in [2.75, 3.05) is 74.4 Å². The van der Waals surface area contributed by atoms with E-state index < -0.39 is 24.2 Å². The van der Waals surface area contributed by atoms with E-state index in [1.807, 2.05) is 80.4 Å². The van der Waals surface area contributed by atoms with E-state index in [4.69, 9.17) is 24.8 Å². The van der Waals surface area contributed by atoms with Gasteiger partial charge in [0.1, 0.15) is 5.01 Å². The van der Waals surface area contributed by atoms with Crippen LogP contribution in [-0.2, 0) is 44.6 Å². The number of nitrogens with two attached hydrogens (primary N) is 1. The molecule has 2 aromatic rings. The van der Waals surface area contributed by atoms with Gasteiger partial charge in [0.05, 0.1) is 87.8 Å². The molecule has 2 heterocycles. The lowest BCUT2D eigenvalue weighted by molar-refractivity contribution is -0.143. The number of carbonyl (C=O) groups excluding carboxylic acids is 3. The predicted octanol–water partition coefficient (Wildman–Crippen LogP) is 5.47. The number of carbonyl (C=O) groups is 3. The van der Waals surface area contributed by atoms with Gasteiger partial charge in [-0.25, -0.2) is 10.9 Å². The summed E-state index contributed by atoms with van der Waals surface area (Å²) in [5, 5.41) is 9.37. The van der Waals surface area contributed by atoms with Gasteiger partial charge in [0.15, 0.2) is 0 Å². The van der Waals surface area contributed by atoms with Crippen molar-refractivity contribution in [2.45, 2.75) is 123 Å². The number of hydrogen-bond acceptors (Lipinski definition) is 13. The third-order valence-corrected chi connectivity index (χ3v) is 13.6. The number of hydrogen-bond donors (Lipinski definition) is 3. The number of benzene rings is 1. The van der Waals surface area contributed by atoms with Gasteiger partial charge in [0, 0.05) is 51.6 Å². The molecule has 4 N–H and O–H groups in total. The molecule has 1 aromatic carbocycles. The minimum Gasteiger partial charge on any atom is -0.379 e. The second-order valence-electron chi connectivity index (χ2n) is 17.9. The summed E-state index contributed by atoms with van der Waals surface area (Å²) in [6, 6.07) is 8.48. The number of aromatic nitrogens is 1. The first-order chi connectivity index (χ1) is 30.6. The molecule has 0 radical (unpaired) electrons. The quantitative estimate of drug-likeness (QED) is 0.0646. The Balaban J connectivity index is 1.72. The first-order valence-corrected chi connectivity index (χ1v) is 24.0. The molecule has 1 aliphatic rings. The summed E-state index contributed by atoms with van der Waals surface area (Å²) in [7, 11) is 7.21. The monoisotopic (exact) mass is 916 g/mol. The lowest BCUT2D eigenvalue weighted by atomic mass is 9.88. The summed E-state index contributed by atoms with van der Waals surface area (Å²) in [6.45, 7) is 22.1. The lowest BCUT2D eigenvalue weighted by Crippen LogP contribution is -2.56. The van der Waals surface area contributed by atoms with Crippen LogP contribution in [0.3, 0.4) is 0 Å². The highest BCUT2D eigenvalue weighted by Crippen LogP contribution is 2.31. The minimum absolute atomic E-state index is 0.0240. The van der Waals surface area contributed by atoms with Crippen LogP contribution in [0.15, 0.2) is 54.2 Å². The number of amides is 3. The molecule has 1 saturated heterocycles. The topological polar surface area (TPSA) is 170 Å². The SMILES string of the molecule is C=C([C@@H](NC(=O)[C@H](C(C)C)N(C)CCOCCOCCON)C(C)C)N(C)[C@@H]([C@@H](C)CC)[C@@H](CC(=O)N1CCC[C@H]1[C@H](OC)[C@@H](C)C(=O)N[C@@H](Cc1ccccc1)c1nccs1)OC. The van der Waals surface area contributed by atoms with Crippen LogP contribution >= 0.6 is 11.3 Å². The molecule has 1 aromatic heterocycles. The van der Waals surface area contributed by atoms with Gasteiger partial charge in [-0.15, -0.1) is 11.3 Å². The van der Waals surface area contributed by atoms with Gasteiger partial charge in [-0.3, -0.25) is 19.3 Å². The van der Waals surface area contributed by atoms with E-state index in [-0.39, 0.29) is 66.1 Å². The fourth-order valence-corrected chi connectivity index (χ4v) is 9.68. The first-order valence-electron chi connectivity index (χ1n) is 23.1. The lowest BCUT2D eigenvalue weighted by Gasteiger charge is -2.43. The van der Waals surface area contributed by atoms with Crippen LogP contribution in [0.25, 0.3) is 0 Å². The number of nitrogens with zero attached hydrogens (tertiary/aromatic N) is 4. The molecule has 0 aliphatic carbocycles. The number of likely N-dealkylation sites (tertiary alicyclic amines) is 1. The molecule has 16 heteroatoms. The number of ether oxygens (including phenoxy) is 4. The zero-order valence-corrected chi connectivity index (χ0v) is 41.4. The summed E-state index contributed by atoms with van der Waals surface area (Å²) in [4.78, 5) is 57.7. The van der Waals surface area contributed by atoms with Crippen LogP contribution in [0.4, 0.5) is 0 Å². The van der Waals surface area contributed by atoms with Gasteiger partial charge >= 0.3 is 0 Å². The number of thiazole rings is 1. The van der Waals surface area contributed by atoms with Crippen LogP contribution in [0.2, 0.25) is 0 Å². The largest absolute Gasteiger partial charge is 0.379 e. The first kappa shape index (κ1) is 54.9. The molecule has 362 valence electrons. The van der Waals surface area contributed by atoms with Crippen molar-refractivity contribution in [2.24, 2.45) is 29.6 Å². The average molecular weight is 916 g/mol. The van der Waals surface area contributed by atoms with Gasteiger partial charge < -0.3 is 44.2 Å². The normalized spacial score (nSPS) is 18.0. The third-order valence-electron chi connectivity index (χ3n) is 12.7. The summed E-state index contributed by atoms with van der Waals surface area (Å²) >= 11 is 1.52. The van der Waals surface area contributed by atoms with Crippen LogP contribution in [0, 0.1) is 23.7 Å². The average Bonchev–Trinajstić information content (AvgIpc) is 4.00. The zero-order chi connectivity index (χ0) is 47.3. The van der Waals surface area contributed by atoms with E-state index in [1.54, 1.807) is 20.4 Å². The van der Waals surface area contributed by atoms with Crippen molar-refractivity contribution in [3.05, 3.63) is 64.8 Å². The third kappa shape index (κ3) is 16.1. The van der Waals surface area contributed by atoms with Crippen molar-refractivity contribution in [3.63, 3.8) is 0 Å². The van der Waals surface area contributed by atoms with E-state index in [0.29, 0.717) is 52.5 Å². The fraction of sp³-hybridized carbons (Fsp3) is 0.708. The van der Waals surface area contributed by atoms with Crippen LogP contribution in [0.5, 0.6) is 0 Å². The van der Waals surface area contributed by atoms with E-state index in [2.05, 4.69) is 59.6 Å². The number of methoxy groups -OCH3 is 2. The van der Waals surface area contributed by atoms with E-state index >= 15 is 0 Å². The molecule has 3 rings (SSSR count). The maximum atomic E-state index is 14.5. The highest BCUT2D eigenvalue weighted by atomic mass is 32.1. The summed E-state index contributed by atoms with van der Waals surface area (Å²) in [5.74, 6) is 4.39. The molecule has 1 aliphatic heterocycles.